The lowest BCUT2D eigenvalue weighted by molar-refractivity contribution is -0.378. The number of hydrogen-bond donors (Lipinski definition) is 0. The van der Waals surface area contributed by atoms with E-state index in [1.807, 2.05) is 56.3 Å². The molecule has 0 spiro atoms. The lowest BCUT2D eigenvalue weighted by atomic mass is 9.85. The van der Waals surface area contributed by atoms with Crippen molar-refractivity contribution in [1.29, 1.82) is 0 Å². The van der Waals surface area contributed by atoms with E-state index in [0.717, 1.165) is 11.1 Å². The maximum absolute atomic E-state index is 6.73. The molecule has 0 aliphatic carbocycles. The van der Waals surface area contributed by atoms with Crippen LogP contribution in [-0.4, -0.2) is 42.4 Å². The van der Waals surface area contributed by atoms with Crippen molar-refractivity contribution in [2.45, 2.75) is 82.6 Å². The summed E-state index contributed by atoms with van der Waals surface area (Å²) in [6, 6.07) is 20.4. The molecule has 2 aliphatic rings. The van der Waals surface area contributed by atoms with Crippen LogP contribution in [0.1, 0.15) is 44.7 Å². The van der Waals surface area contributed by atoms with Crippen LogP contribution in [0.3, 0.4) is 0 Å². The topological polar surface area (TPSA) is 46.2 Å². The molecule has 5 atom stereocenters. The molecular weight excluding hydrogens is 416 g/mol. The highest BCUT2D eigenvalue weighted by Gasteiger charge is 2.54. The Morgan fingerprint density at radius 3 is 2.18 bits per heavy atom. The van der Waals surface area contributed by atoms with Crippen LogP contribution in [0, 0.1) is 0 Å². The Morgan fingerprint density at radius 1 is 0.909 bits per heavy atom. The van der Waals surface area contributed by atoms with Gasteiger partial charge in [0.2, 0.25) is 0 Å². The van der Waals surface area contributed by atoms with Gasteiger partial charge in [-0.05, 0) is 38.3 Å². The molecule has 4 rings (SSSR count). The lowest BCUT2D eigenvalue weighted by Gasteiger charge is -2.54. The molecule has 2 aliphatic heterocycles. The molecule has 0 amide bonds. The maximum Gasteiger partial charge on any atom is 0.163 e. The molecule has 5 heteroatoms. The van der Waals surface area contributed by atoms with Gasteiger partial charge in [-0.3, -0.25) is 0 Å². The van der Waals surface area contributed by atoms with Crippen molar-refractivity contribution in [3.05, 3.63) is 84.4 Å². The van der Waals surface area contributed by atoms with Gasteiger partial charge in [0.05, 0.1) is 38.1 Å². The van der Waals surface area contributed by atoms with E-state index < -0.39 is 11.4 Å². The number of ether oxygens (including phenoxy) is 5. The van der Waals surface area contributed by atoms with Gasteiger partial charge < -0.3 is 23.7 Å². The van der Waals surface area contributed by atoms with Crippen molar-refractivity contribution >= 4 is 0 Å². The van der Waals surface area contributed by atoms with E-state index in [1.54, 1.807) is 0 Å². The van der Waals surface area contributed by atoms with Crippen molar-refractivity contribution in [3.8, 4) is 0 Å². The van der Waals surface area contributed by atoms with E-state index >= 15 is 0 Å². The highest BCUT2D eigenvalue weighted by Crippen LogP contribution is 2.41. The third-order valence-corrected chi connectivity index (χ3v) is 6.33. The Hall–Kier alpha value is -2.02. The standard InChI is InChI=1S/C28H36O5/c1-5-12-23-26-24(32-27(2,3)31-23)17-25(30-19-22-15-10-7-11-16-22)28(4,33-26)20-29-18-21-13-8-6-9-14-21/h5-11,13-16,23-26H,1,12,17-20H2,2-4H3/t23-,24-,25+,26+,28-/m0/s1. The quantitative estimate of drug-likeness (QED) is 0.475. The minimum atomic E-state index is -0.681. The number of fused-ring (bicyclic) bond motifs is 1. The fourth-order valence-corrected chi connectivity index (χ4v) is 4.75. The predicted octanol–water partition coefficient (Wildman–Crippen LogP) is 5.43. The van der Waals surface area contributed by atoms with Gasteiger partial charge in [0.25, 0.3) is 0 Å². The molecule has 2 fully saturated rings. The normalized spacial score (nSPS) is 31.0. The minimum Gasteiger partial charge on any atom is -0.374 e. The highest BCUT2D eigenvalue weighted by molar-refractivity contribution is 5.14. The van der Waals surface area contributed by atoms with Gasteiger partial charge in [-0.1, -0.05) is 66.7 Å². The molecule has 2 aromatic carbocycles. The minimum absolute atomic E-state index is 0.123. The summed E-state index contributed by atoms with van der Waals surface area (Å²) in [5, 5.41) is 0. The molecular formula is C28H36O5. The number of benzene rings is 2. The fourth-order valence-electron chi connectivity index (χ4n) is 4.75. The zero-order chi connectivity index (χ0) is 23.3. The number of hydrogen-bond acceptors (Lipinski definition) is 5. The summed E-state index contributed by atoms with van der Waals surface area (Å²) < 4.78 is 31.9. The Balaban J connectivity index is 1.51. The summed E-state index contributed by atoms with van der Waals surface area (Å²) in [6.45, 7) is 11.3. The van der Waals surface area contributed by atoms with E-state index in [9.17, 15) is 0 Å². The first kappa shape index (κ1) is 24.1. The Kier molecular flexibility index (Phi) is 7.67. The first-order valence-corrected chi connectivity index (χ1v) is 11.8. The summed E-state index contributed by atoms with van der Waals surface area (Å²) >= 11 is 0. The average Bonchev–Trinajstić information content (AvgIpc) is 2.79. The van der Waals surface area contributed by atoms with Gasteiger partial charge in [0, 0.05) is 6.42 Å². The smallest absolute Gasteiger partial charge is 0.163 e. The van der Waals surface area contributed by atoms with Crippen molar-refractivity contribution in [3.63, 3.8) is 0 Å². The monoisotopic (exact) mass is 452 g/mol. The third-order valence-electron chi connectivity index (χ3n) is 6.33. The molecule has 0 saturated carbocycles. The van der Waals surface area contributed by atoms with Crippen LogP contribution in [-0.2, 0) is 36.9 Å². The molecule has 5 nitrogen and oxygen atoms in total. The van der Waals surface area contributed by atoms with Gasteiger partial charge in [-0.15, -0.1) is 6.58 Å². The SMILES string of the molecule is C=CC[C@@H]1OC(C)(C)O[C@H]2C[C@@H](OCc3ccccc3)[C@](C)(COCc3ccccc3)O[C@H]12. The molecule has 0 radical (unpaired) electrons. The van der Waals surface area contributed by atoms with Gasteiger partial charge in [-0.25, -0.2) is 0 Å². The Morgan fingerprint density at radius 2 is 1.55 bits per heavy atom. The Labute approximate surface area is 197 Å². The highest BCUT2D eigenvalue weighted by atomic mass is 16.7. The van der Waals surface area contributed by atoms with Crippen molar-refractivity contribution < 1.29 is 23.7 Å². The molecule has 33 heavy (non-hydrogen) atoms. The summed E-state index contributed by atoms with van der Waals surface area (Å²) in [5.41, 5.74) is 1.62. The van der Waals surface area contributed by atoms with E-state index in [2.05, 4.69) is 37.8 Å². The second kappa shape index (κ2) is 10.5. The molecule has 2 heterocycles. The van der Waals surface area contributed by atoms with Crippen molar-refractivity contribution in [1.82, 2.24) is 0 Å². The second-order valence-electron chi connectivity index (χ2n) is 9.63. The molecule has 0 bridgehead atoms. The third kappa shape index (κ3) is 6.11. The van der Waals surface area contributed by atoms with Crippen LogP contribution in [0.25, 0.3) is 0 Å². The second-order valence-corrected chi connectivity index (χ2v) is 9.63. The zero-order valence-electron chi connectivity index (χ0n) is 19.9. The van der Waals surface area contributed by atoms with Gasteiger partial charge in [0.15, 0.2) is 5.79 Å². The molecule has 0 unspecified atom stereocenters. The first-order valence-electron chi connectivity index (χ1n) is 11.8. The van der Waals surface area contributed by atoms with Crippen LogP contribution >= 0.6 is 0 Å². The lowest BCUT2D eigenvalue weighted by Crippen LogP contribution is -2.65. The van der Waals surface area contributed by atoms with Gasteiger partial charge >= 0.3 is 0 Å². The van der Waals surface area contributed by atoms with Crippen molar-refractivity contribution in [2.75, 3.05) is 6.61 Å². The van der Waals surface area contributed by atoms with Crippen LogP contribution < -0.4 is 0 Å². The van der Waals surface area contributed by atoms with Crippen LogP contribution in [0.2, 0.25) is 0 Å². The predicted molar refractivity (Wildman–Crippen MR) is 128 cm³/mol. The zero-order valence-corrected chi connectivity index (χ0v) is 19.9. The molecule has 0 N–H and O–H groups in total. The summed E-state index contributed by atoms with van der Waals surface area (Å²) in [6.07, 6.45) is 2.65. The summed E-state index contributed by atoms with van der Waals surface area (Å²) in [7, 11) is 0. The van der Waals surface area contributed by atoms with Crippen LogP contribution in [0.5, 0.6) is 0 Å². The first-order chi connectivity index (χ1) is 15.9. The fraction of sp³-hybridized carbons (Fsp3) is 0.500. The molecule has 2 aromatic rings. The van der Waals surface area contributed by atoms with Crippen molar-refractivity contribution in [2.24, 2.45) is 0 Å². The molecule has 178 valence electrons. The van der Waals surface area contributed by atoms with E-state index in [4.69, 9.17) is 23.7 Å². The average molecular weight is 453 g/mol. The largest absolute Gasteiger partial charge is 0.374 e. The van der Waals surface area contributed by atoms with E-state index in [-0.39, 0.29) is 24.4 Å². The Bertz CT molecular complexity index is 884. The van der Waals surface area contributed by atoms with Gasteiger partial charge in [-0.2, -0.15) is 0 Å². The van der Waals surface area contributed by atoms with Crippen LogP contribution in [0.4, 0.5) is 0 Å². The van der Waals surface area contributed by atoms with E-state index in [0.29, 0.717) is 32.7 Å². The molecule has 0 aromatic heterocycles. The van der Waals surface area contributed by atoms with E-state index in [1.165, 1.54) is 0 Å². The van der Waals surface area contributed by atoms with Crippen LogP contribution in [0.15, 0.2) is 73.3 Å². The molecule has 2 saturated heterocycles. The van der Waals surface area contributed by atoms with Gasteiger partial charge in [0.1, 0.15) is 11.7 Å². The summed E-state index contributed by atoms with van der Waals surface area (Å²) in [5.74, 6) is -0.681. The summed E-state index contributed by atoms with van der Waals surface area (Å²) in [4.78, 5) is 0. The maximum atomic E-state index is 6.73. The number of rotatable bonds is 9.